The molecule has 26 heavy (non-hydrogen) atoms. The van der Waals surface area contributed by atoms with Crippen molar-refractivity contribution in [1.82, 2.24) is 10.6 Å². The molecule has 4 rings (SSSR count). The maximum atomic E-state index is 12.8. The molecule has 2 unspecified atom stereocenters. The normalized spacial score (nSPS) is 21.8. The predicted octanol–water partition coefficient (Wildman–Crippen LogP) is 4.05. The molecular formula is C22H26N2O2. The van der Waals surface area contributed by atoms with Crippen molar-refractivity contribution in [1.29, 1.82) is 0 Å². The molecule has 1 amide bonds. The van der Waals surface area contributed by atoms with Crippen molar-refractivity contribution in [2.75, 3.05) is 13.1 Å². The van der Waals surface area contributed by atoms with Crippen LogP contribution in [0.3, 0.4) is 0 Å². The highest BCUT2D eigenvalue weighted by Crippen LogP contribution is 2.58. The van der Waals surface area contributed by atoms with E-state index in [1.165, 1.54) is 0 Å². The van der Waals surface area contributed by atoms with Crippen molar-refractivity contribution in [2.24, 2.45) is 11.3 Å². The number of hydrogen-bond donors (Lipinski definition) is 2. The summed E-state index contributed by atoms with van der Waals surface area (Å²) < 4.78 is 6.04. The molecule has 136 valence electrons. The van der Waals surface area contributed by atoms with E-state index in [4.69, 9.17) is 4.74 Å². The van der Waals surface area contributed by atoms with Crippen LogP contribution in [0.25, 0.3) is 0 Å². The highest BCUT2D eigenvalue weighted by molar-refractivity contribution is 5.83. The van der Waals surface area contributed by atoms with Crippen molar-refractivity contribution < 1.29 is 9.53 Å². The van der Waals surface area contributed by atoms with Gasteiger partial charge in [-0.05, 0) is 62.9 Å². The summed E-state index contributed by atoms with van der Waals surface area (Å²) in [6.45, 7) is 4.10. The van der Waals surface area contributed by atoms with E-state index in [0.29, 0.717) is 0 Å². The Morgan fingerprint density at radius 3 is 2.58 bits per heavy atom. The van der Waals surface area contributed by atoms with Gasteiger partial charge >= 0.3 is 0 Å². The Bertz CT molecular complexity index is 769. The van der Waals surface area contributed by atoms with Gasteiger partial charge in [-0.1, -0.05) is 36.4 Å². The van der Waals surface area contributed by atoms with Crippen molar-refractivity contribution >= 4 is 5.91 Å². The monoisotopic (exact) mass is 350 g/mol. The Kier molecular flexibility index (Phi) is 4.68. The molecule has 0 bridgehead atoms. The Morgan fingerprint density at radius 2 is 1.81 bits per heavy atom. The molecule has 2 N–H and O–H groups in total. The van der Waals surface area contributed by atoms with Crippen LogP contribution in [0.1, 0.15) is 37.8 Å². The molecule has 1 saturated carbocycles. The number of para-hydroxylation sites is 2. The standard InChI is InChI=1S/C22H26N2O2/c1-16(24-21(25)19-15-22(19)11-13-23-14-12-22)18-9-5-6-10-20(18)26-17-7-3-2-4-8-17/h2-10,16,19,23H,11-15H2,1H3,(H,24,25). The zero-order valence-electron chi connectivity index (χ0n) is 15.2. The van der Waals surface area contributed by atoms with Gasteiger partial charge in [-0.2, -0.15) is 0 Å². The average molecular weight is 350 g/mol. The maximum Gasteiger partial charge on any atom is 0.224 e. The number of benzene rings is 2. The quantitative estimate of drug-likeness (QED) is 0.855. The topological polar surface area (TPSA) is 50.4 Å². The molecule has 1 spiro atoms. The molecule has 4 nitrogen and oxygen atoms in total. The van der Waals surface area contributed by atoms with Gasteiger partial charge in [0.25, 0.3) is 0 Å². The number of ether oxygens (including phenoxy) is 1. The molecule has 2 aromatic carbocycles. The van der Waals surface area contributed by atoms with Crippen molar-refractivity contribution in [3.63, 3.8) is 0 Å². The van der Waals surface area contributed by atoms with E-state index in [-0.39, 0.29) is 23.3 Å². The number of rotatable bonds is 5. The maximum absolute atomic E-state index is 12.8. The fraction of sp³-hybridized carbons (Fsp3) is 0.409. The zero-order valence-corrected chi connectivity index (χ0v) is 15.2. The molecule has 2 fully saturated rings. The first kappa shape index (κ1) is 17.1. The Balaban J connectivity index is 1.43. The molecule has 1 aliphatic carbocycles. The van der Waals surface area contributed by atoms with Gasteiger partial charge in [0, 0.05) is 11.5 Å². The molecule has 1 saturated heterocycles. The first-order chi connectivity index (χ1) is 12.7. The van der Waals surface area contributed by atoms with Crippen LogP contribution < -0.4 is 15.4 Å². The van der Waals surface area contributed by atoms with Crippen molar-refractivity contribution in [3.05, 3.63) is 60.2 Å². The van der Waals surface area contributed by atoms with Gasteiger partial charge in [-0.3, -0.25) is 4.79 Å². The van der Waals surface area contributed by atoms with Gasteiger partial charge < -0.3 is 15.4 Å². The van der Waals surface area contributed by atoms with Gasteiger partial charge in [-0.25, -0.2) is 0 Å². The van der Waals surface area contributed by atoms with Crippen LogP contribution in [-0.4, -0.2) is 19.0 Å². The molecule has 1 aliphatic heterocycles. The summed E-state index contributed by atoms with van der Waals surface area (Å²) in [6, 6.07) is 17.6. The number of nitrogens with one attached hydrogen (secondary N) is 2. The molecule has 1 heterocycles. The van der Waals surface area contributed by atoms with Crippen molar-refractivity contribution in [2.45, 2.75) is 32.2 Å². The first-order valence-electron chi connectivity index (χ1n) is 9.51. The van der Waals surface area contributed by atoms with Crippen LogP contribution in [-0.2, 0) is 4.79 Å². The lowest BCUT2D eigenvalue weighted by atomic mass is 9.91. The van der Waals surface area contributed by atoms with Crippen LogP contribution in [0.5, 0.6) is 11.5 Å². The zero-order chi connectivity index (χ0) is 18.0. The van der Waals surface area contributed by atoms with Gasteiger partial charge in [0.05, 0.1) is 6.04 Å². The summed E-state index contributed by atoms with van der Waals surface area (Å²) in [6.07, 6.45) is 3.27. The van der Waals surface area contributed by atoms with Crippen LogP contribution >= 0.6 is 0 Å². The molecule has 4 heteroatoms. The fourth-order valence-corrected chi connectivity index (χ4v) is 4.13. The molecular weight excluding hydrogens is 324 g/mol. The second-order valence-corrected chi connectivity index (χ2v) is 7.55. The summed E-state index contributed by atoms with van der Waals surface area (Å²) in [7, 11) is 0. The smallest absolute Gasteiger partial charge is 0.224 e. The second kappa shape index (κ2) is 7.12. The number of amides is 1. The molecule has 0 aromatic heterocycles. The van der Waals surface area contributed by atoms with Crippen LogP contribution in [0, 0.1) is 11.3 Å². The third-order valence-electron chi connectivity index (χ3n) is 5.82. The lowest BCUT2D eigenvalue weighted by Gasteiger charge is -2.24. The van der Waals surface area contributed by atoms with Gasteiger partial charge in [-0.15, -0.1) is 0 Å². The number of piperidine rings is 1. The fourth-order valence-electron chi connectivity index (χ4n) is 4.13. The number of carbonyl (C=O) groups is 1. The largest absolute Gasteiger partial charge is 0.457 e. The van der Waals surface area contributed by atoms with Gasteiger partial charge in [0.2, 0.25) is 5.91 Å². The SMILES string of the molecule is CC(NC(=O)C1CC12CCNCC2)c1ccccc1Oc1ccccc1. The van der Waals surface area contributed by atoms with E-state index in [1.807, 2.05) is 61.5 Å². The third-order valence-corrected chi connectivity index (χ3v) is 5.82. The lowest BCUT2D eigenvalue weighted by Crippen LogP contribution is -2.34. The number of carbonyl (C=O) groups excluding carboxylic acids is 1. The van der Waals surface area contributed by atoms with Crippen LogP contribution in [0.4, 0.5) is 0 Å². The minimum Gasteiger partial charge on any atom is -0.457 e. The summed E-state index contributed by atoms with van der Waals surface area (Å²) >= 11 is 0. The molecule has 2 aliphatic rings. The second-order valence-electron chi connectivity index (χ2n) is 7.55. The summed E-state index contributed by atoms with van der Waals surface area (Å²) in [4.78, 5) is 12.8. The van der Waals surface area contributed by atoms with Gasteiger partial charge in [0.15, 0.2) is 0 Å². The first-order valence-corrected chi connectivity index (χ1v) is 9.51. The van der Waals surface area contributed by atoms with Crippen LogP contribution in [0.15, 0.2) is 54.6 Å². The summed E-state index contributed by atoms with van der Waals surface area (Å²) in [5.41, 5.74) is 1.26. The Hall–Kier alpha value is -2.33. The van der Waals surface area contributed by atoms with Gasteiger partial charge in [0.1, 0.15) is 11.5 Å². The third kappa shape index (κ3) is 3.47. The summed E-state index contributed by atoms with van der Waals surface area (Å²) in [5.74, 6) is 1.95. The van der Waals surface area contributed by atoms with E-state index in [9.17, 15) is 4.79 Å². The Morgan fingerprint density at radius 1 is 1.12 bits per heavy atom. The molecule has 2 aromatic rings. The van der Waals surface area contributed by atoms with E-state index < -0.39 is 0 Å². The lowest BCUT2D eigenvalue weighted by molar-refractivity contribution is -0.123. The minimum atomic E-state index is -0.0817. The number of hydrogen-bond acceptors (Lipinski definition) is 3. The highest BCUT2D eigenvalue weighted by atomic mass is 16.5. The van der Waals surface area contributed by atoms with E-state index in [1.54, 1.807) is 0 Å². The highest BCUT2D eigenvalue weighted by Gasteiger charge is 2.57. The summed E-state index contributed by atoms with van der Waals surface area (Å²) in [5, 5.41) is 6.61. The predicted molar refractivity (Wildman–Crippen MR) is 102 cm³/mol. The minimum absolute atomic E-state index is 0.0817. The van der Waals surface area contributed by atoms with E-state index in [0.717, 1.165) is 49.4 Å². The van der Waals surface area contributed by atoms with E-state index in [2.05, 4.69) is 10.6 Å². The van der Waals surface area contributed by atoms with Crippen LogP contribution in [0.2, 0.25) is 0 Å². The average Bonchev–Trinajstić information content (AvgIpc) is 3.36. The molecule has 2 atom stereocenters. The van der Waals surface area contributed by atoms with Crippen molar-refractivity contribution in [3.8, 4) is 11.5 Å². The Labute approximate surface area is 155 Å². The molecule has 0 radical (unpaired) electrons. The van der Waals surface area contributed by atoms with E-state index >= 15 is 0 Å².